The van der Waals surface area contributed by atoms with Gasteiger partial charge in [-0.25, -0.2) is 13.1 Å². The van der Waals surface area contributed by atoms with E-state index in [1.165, 1.54) is 0 Å². The van der Waals surface area contributed by atoms with Crippen LogP contribution in [0.25, 0.3) is 0 Å². The topological polar surface area (TPSA) is 69.6 Å². The third-order valence-corrected chi connectivity index (χ3v) is 5.69. The van der Waals surface area contributed by atoms with Crippen LogP contribution in [0, 0.1) is 12.8 Å². The van der Waals surface area contributed by atoms with Crippen LogP contribution in [-0.4, -0.2) is 45.1 Å². The van der Waals surface area contributed by atoms with Gasteiger partial charge in [0.1, 0.15) is 0 Å². The Morgan fingerprint density at radius 3 is 2.62 bits per heavy atom. The van der Waals surface area contributed by atoms with Crippen molar-refractivity contribution in [3.63, 3.8) is 0 Å². The average Bonchev–Trinajstić information content (AvgIpc) is 2.47. The van der Waals surface area contributed by atoms with Crippen LogP contribution in [0.2, 0.25) is 0 Å². The molecule has 0 spiro atoms. The number of aliphatic hydroxyl groups excluding tert-OH is 1. The molecule has 1 aromatic carbocycles. The van der Waals surface area contributed by atoms with Crippen molar-refractivity contribution in [1.29, 1.82) is 0 Å². The van der Waals surface area contributed by atoms with Crippen LogP contribution in [0.3, 0.4) is 0 Å². The van der Waals surface area contributed by atoms with Gasteiger partial charge in [-0.1, -0.05) is 12.1 Å². The lowest BCUT2D eigenvalue weighted by atomic mass is 9.98. The minimum absolute atomic E-state index is 0.155. The van der Waals surface area contributed by atoms with E-state index in [4.69, 9.17) is 5.11 Å². The van der Waals surface area contributed by atoms with E-state index >= 15 is 0 Å². The van der Waals surface area contributed by atoms with Crippen molar-refractivity contribution >= 4 is 10.0 Å². The minimum Gasteiger partial charge on any atom is -0.392 e. The summed E-state index contributed by atoms with van der Waals surface area (Å²) in [6, 6.07) is 5.02. The fraction of sp³-hybridized carbons (Fsp3) is 0.600. The fourth-order valence-corrected chi connectivity index (χ4v) is 4.01. The highest BCUT2D eigenvalue weighted by Crippen LogP contribution is 2.19. The van der Waals surface area contributed by atoms with Gasteiger partial charge in [0.2, 0.25) is 10.0 Å². The molecule has 2 N–H and O–H groups in total. The Morgan fingerprint density at radius 2 is 2.00 bits per heavy atom. The minimum atomic E-state index is -3.51. The van der Waals surface area contributed by atoms with Gasteiger partial charge in [0.05, 0.1) is 11.5 Å². The van der Waals surface area contributed by atoms with Gasteiger partial charge in [0, 0.05) is 6.54 Å². The number of benzene rings is 1. The normalized spacial score (nSPS) is 18.0. The number of aryl methyl sites for hydroxylation is 1. The van der Waals surface area contributed by atoms with E-state index in [-0.39, 0.29) is 11.5 Å². The predicted molar refractivity (Wildman–Crippen MR) is 82.5 cm³/mol. The predicted octanol–water partition coefficient (Wildman–Crippen LogP) is 1.11. The van der Waals surface area contributed by atoms with Gasteiger partial charge in [0.25, 0.3) is 0 Å². The van der Waals surface area contributed by atoms with Crippen LogP contribution < -0.4 is 4.72 Å². The fourth-order valence-electron chi connectivity index (χ4n) is 2.60. The molecule has 1 aromatic rings. The van der Waals surface area contributed by atoms with E-state index in [1.807, 2.05) is 0 Å². The molecule has 0 unspecified atom stereocenters. The van der Waals surface area contributed by atoms with Gasteiger partial charge < -0.3 is 10.0 Å². The van der Waals surface area contributed by atoms with E-state index in [0.29, 0.717) is 23.6 Å². The van der Waals surface area contributed by atoms with E-state index in [9.17, 15) is 8.42 Å². The highest BCUT2D eigenvalue weighted by atomic mass is 32.2. The zero-order valence-corrected chi connectivity index (χ0v) is 13.5. The molecular formula is C15H24N2O3S. The number of rotatable bonds is 5. The quantitative estimate of drug-likeness (QED) is 0.854. The molecule has 0 bridgehead atoms. The number of hydrogen-bond acceptors (Lipinski definition) is 4. The maximum Gasteiger partial charge on any atom is 0.240 e. The lowest BCUT2D eigenvalue weighted by Crippen LogP contribution is -2.37. The van der Waals surface area contributed by atoms with Crippen molar-refractivity contribution in [3.05, 3.63) is 29.3 Å². The Morgan fingerprint density at radius 1 is 1.33 bits per heavy atom. The molecular weight excluding hydrogens is 288 g/mol. The van der Waals surface area contributed by atoms with Gasteiger partial charge in [-0.05, 0) is 63.0 Å². The van der Waals surface area contributed by atoms with Crippen molar-refractivity contribution < 1.29 is 13.5 Å². The molecule has 118 valence electrons. The molecule has 1 saturated heterocycles. The molecule has 2 rings (SSSR count). The first-order valence-electron chi connectivity index (χ1n) is 7.31. The maximum absolute atomic E-state index is 12.4. The smallest absolute Gasteiger partial charge is 0.240 e. The largest absolute Gasteiger partial charge is 0.392 e. The van der Waals surface area contributed by atoms with Crippen molar-refractivity contribution in [2.75, 3.05) is 26.7 Å². The van der Waals surface area contributed by atoms with Gasteiger partial charge in [0.15, 0.2) is 0 Å². The molecule has 0 saturated carbocycles. The zero-order valence-electron chi connectivity index (χ0n) is 12.7. The number of piperidine rings is 1. The lowest BCUT2D eigenvalue weighted by Gasteiger charge is -2.28. The van der Waals surface area contributed by atoms with Gasteiger partial charge in [-0.3, -0.25) is 0 Å². The molecule has 1 aliphatic rings. The molecule has 21 heavy (non-hydrogen) atoms. The standard InChI is InChI=1S/C15H24N2O3S/c1-12-3-4-14(11-18)9-15(12)21(19,20)16-10-13-5-7-17(2)8-6-13/h3-4,9,13,16,18H,5-8,10-11H2,1-2H3. The summed E-state index contributed by atoms with van der Waals surface area (Å²) in [5, 5.41) is 9.16. The third kappa shape index (κ3) is 4.26. The van der Waals surface area contributed by atoms with Crippen LogP contribution in [0.4, 0.5) is 0 Å². The van der Waals surface area contributed by atoms with Crippen LogP contribution in [0.1, 0.15) is 24.0 Å². The Bertz CT molecular complexity index is 579. The Labute approximate surface area is 127 Å². The summed E-state index contributed by atoms with van der Waals surface area (Å²) < 4.78 is 27.6. The van der Waals surface area contributed by atoms with Gasteiger partial charge >= 0.3 is 0 Å². The molecule has 0 atom stereocenters. The Kier molecular flexibility index (Phi) is 5.37. The molecule has 6 heteroatoms. The first kappa shape index (κ1) is 16.4. The lowest BCUT2D eigenvalue weighted by molar-refractivity contribution is 0.220. The maximum atomic E-state index is 12.4. The summed E-state index contributed by atoms with van der Waals surface area (Å²) in [6.45, 7) is 4.14. The van der Waals surface area contributed by atoms with Gasteiger partial charge in [-0.2, -0.15) is 0 Å². The van der Waals surface area contributed by atoms with Crippen LogP contribution >= 0.6 is 0 Å². The van der Waals surface area contributed by atoms with Crippen molar-refractivity contribution in [2.24, 2.45) is 5.92 Å². The summed E-state index contributed by atoms with van der Waals surface area (Å²) in [6.07, 6.45) is 2.05. The first-order chi connectivity index (χ1) is 9.92. The molecule has 1 fully saturated rings. The number of nitrogens with zero attached hydrogens (tertiary/aromatic N) is 1. The SMILES string of the molecule is Cc1ccc(CO)cc1S(=O)(=O)NCC1CCN(C)CC1. The Hall–Kier alpha value is -0.950. The Balaban J connectivity index is 2.05. The highest BCUT2D eigenvalue weighted by molar-refractivity contribution is 7.89. The molecule has 1 heterocycles. The molecule has 0 aliphatic carbocycles. The summed E-state index contributed by atoms with van der Waals surface area (Å²) >= 11 is 0. The number of aliphatic hydroxyl groups is 1. The van der Waals surface area contributed by atoms with Crippen LogP contribution in [-0.2, 0) is 16.6 Å². The molecule has 1 aliphatic heterocycles. The summed E-state index contributed by atoms with van der Waals surface area (Å²) in [5.41, 5.74) is 1.31. The average molecular weight is 312 g/mol. The van der Waals surface area contributed by atoms with E-state index in [1.54, 1.807) is 25.1 Å². The number of nitrogens with one attached hydrogen (secondary N) is 1. The van der Waals surface area contributed by atoms with E-state index in [0.717, 1.165) is 25.9 Å². The molecule has 5 nitrogen and oxygen atoms in total. The monoisotopic (exact) mass is 312 g/mol. The van der Waals surface area contributed by atoms with Gasteiger partial charge in [-0.15, -0.1) is 0 Å². The highest BCUT2D eigenvalue weighted by Gasteiger charge is 2.21. The first-order valence-corrected chi connectivity index (χ1v) is 8.79. The van der Waals surface area contributed by atoms with Crippen molar-refractivity contribution in [3.8, 4) is 0 Å². The molecule has 0 radical (unpaired) electrons. The second kappa shape index (κ2) is 6.87. The number of hydrogen-bond donors (Lipinski definition) is 2. The second-order valence-electron chi connectivity index (χ2n) is 5.86. The van der Waals surface area contributed by atoms with Crippen LogP contribution in [0.15, 0.2) is 23.1 Å². The van der Waals surface area contributed by atoms with Crippen molar-refractivity contribution in [1.82, 2.24) is 9.62 Å². The van der Waals surface area contributed by atoms with Crippen LogP contribution in [0.5, 0.6) is 0 Å². The zero-order chi connectivity index (χ0) is 15.5. The summed E-state index contributed by atoms with van der Waals surface area (Å²) in [4.78, 5) is 2.53. The molecule has 0 aromatic heterocycles. The number of sulfonamides is 1. The van der Waals surface area contributed by atoms with E-state index < -0.39 is 10.0 Å². The molecule has 0 amide bonds. The number of likely N-dealkylation sites (tertiary alicyclic amines) is 1. The van der Waals surface area contributed by atoms with E-state index in [2.05, 4.69) is 16.7 Å². The second-order valence-corrected chi connectivity index (χ2v) is 7.59. The summed E-state index contributed by atoms with van der Waals surface area (Å²) in [5.74, 6) is 0.400. The summed E-state index contributed by atoms with van der Waals surface area (Å²) in [7, 11) is -1.42. The third-order valence-electron chi connectivity index (χ3n) is 4.12. The van der Waals surface area contributed by atoms with Crippen molar-refractivity contribution in [2.45, 2.75) is 31.3 Å².